The monoisotopic (exact) mass is 282 g/mol. The predicted molar refractivity (Wildman–Crippen MR) is 79.2 cm³/mol. The van der Waals surface area contributed by atoms with Crippen LogP contribution < -0.4 is 0 Å². The largest absolute Gasteiger partial charge is 0.463 e. The first-order valence-electron chi connectivity index (χ1n) is 7.26. The number of esters is 2. The van der Waals surface area contributed by atoms with Crippen molar-refractivity contribution in [2.24, 2.45) is 0 Å². The quantitative estimate of drug-likeness (QED) is 0.312. The van der Waals surface area contributed by atoms with Gasteiger partial charge >= 0.3 is 11.9 Å². The number of carbonyl (C=O) groups is 2. The minimum atomic E-state index is -0.384. The van der Waals surface area contributed by atoms with Crippen molar-refractivity contribution in [1.29, 1.82) is 0 Å². The predicted octanol–water partition coefficient (Wildman–Crippen LogP) is 3.56. The molecule has 4 heteroatoms. The number of unbranched alkanes of at least 4 members (excludes halogenated alkanes) is 3. The third kappa shape index (κ3) is 10.4. The van der Waals surface area contributed by atoms with Crippen LogP contribution in [0.5, 0.6) is 0 Å². The lowest BCUT2D eigenvalue weighted by Crippen LogP contribution is -2.16. The molecule has 0 N–H and O–H groups in total. The standard InChI is InChI=1S/C16H26O4/c1-4-7-11-14(20-16(18)6-3)12-9-8-10-13-19-15(17)5-2/h5-6,14H,2-4,7-13H2,1H3. The second-order valence-corrected chi connectivity index (χ2v) is 4.63. The zero-order valence-electron chi connectivity index (χ0n) is 12.4. The molecule has 0 saturated carbocycles. The first-order chi connectivity index (χ1) is 9.63. The summed E-state index contributed by atoms with van der Waals surface area (Å²) in [6.07, 6.45) is 8.90. The molecule has 0 aliphatic carbocycles. The molecule has 0 saturated heterocycles. The Labute approximate surface area is 121 Å². The van der Waals surface area contributed by atoms with Gasteiger partial charge in [0.15, 0.2) is 0 Å². The fraction of sp³-hybridized carbons (Fsp3) is 0.625. The van der Waals surface area contributed by atoms with Crippen molar-refractivity contribution in [3.63, 3.8) is 0 Å². The molecule has 0 aromatic heterocycles. The summed E-state index contributed by atoms with van der Waals surface area (Å²) in [5.41, 5.74) is 0. The van der Waals surface area contributed by atoms with Crippen LogP contribution in [0.1, 0.15) is 51.9 Å². The average molecular weight is 282 g/mol. The molecule has 0 radical (unpaired) electrons. The van der Waals surface area contributed by atoms with E-state index in [1.807, 2.05) is 0 Å². The summed E-state index contributed by atoms with van der Waals surface area (Å²) in [5.74, 6) is -0.739. The molecule has 0 aliphatic rings. The van der Waals surface area contributed by atoms with Crippen LogP contribution in [-0.4, -0.2) is 24.6 Å². The SMILES string of the molecule is C=CC(=O)OCCCCCC(CCCC)OC(=O)C=C. The second kappa shape index (κ2) is 12.5. The third-order valence-corrected chi connectivity index (χ3v) is 2.91. The number of ether oxygens (including phenoxy) is 2. The van der Waals surface area contributed by atoms with Crippen molar-refractivity contribution < 1.29 is 19.1 Å². The van der Waals surface area contributed by atoms with Crippen LogP contribution in [0.3, 0.4) is 0 Å². The Morgan fingerprint density at radius 2 is 1.65 bits per heavy atom. The molecule has 0 aromatic rings. The first kappa shape index (κ1) is 18.4. The Morgan fingerprint density at radius 3 is 2.25 bits per heavy atom. The second-order valence-electron chi connectivity index (χ2n) is 4.63. The smallest absolute Gasteiger partial charge is 0.330 e. The molecular weight excluding hydrogens is 256 g/mol. The lowest BCUT2D eigenvalue weighted by Gasteiger charge is -2.16. The molecule has 1 unspecified atom stereocenters. The molecule has 0 aromatic carbocycles. The zero-order valence-corrected chi connectivity index (χ0v) is 12.4. The third-order valence-electron chi connectivity index (χ3n) is 2.91. The Morgan fingerprint density at radius 1 is 1.00 bits per heavy atom. The molecule has 20 heavy (non-hydrogen) atoms. The van der Waals surface area contributed by atoms with Gasteiger partial charge < -0.3 is 9.47 Å². The van der Waals surface area contributed by atoms with Crippen molar-refractivity contribution in [1.82, 2.24) is 0 Å². The van der Waals surface area contributed by atoms with Crippen LogP contribution in [0.25, 0.3) is 0 Å². The molecule has 114 valence electrons. The molecule has 0 amide bonds. The normalized spacial score (nSPS) is 11.4. The summed E-state index contributed by atoms with van der Waals surface area (Å²) >= 11 is 0. The van der Waals surface area contributed by atoms with Crippen molar-refractivity contribution in [2.75, 3.05) is 6.61 Å². The van der Waals surface area contributed by atoms with Crippen LogP contribution in [0.2, 0.25) is 0 Å². The van der Waals surface area contributed by atoms with Gasteiger partial charge in [-0.15, -0.1) is 0 Å². The molecular formula is C16H26O4. The number of rotatable bonds is 12. The summed E-state index contributed by atoms with van der Waals surface area (Å²) < 4.78 is 10.2. The van der Waals surface area contributed by atoms with Gasteiger partial charge in [-0.2, -0.15) is 0 Å². The van der Waals surface area contributed by atoms with E-state index in [2.05, 4.69) is 20.1 Å². The topological polar surface area (TPSA) is 52.6 Å². The van der Waals surface area contributed by atoms with Crippen LogP contribution in [-0.2, 0) is 19.1 Å². The summed E-state index contributed by atoms with van der Waals surface area (Å²) in [5, 5.41) is 0. The van der Waals surface area contributed by atoms with Crippen LogP contribution >= 0.6 is 0 Å². The van der Waals surface area contributed by atoms with Gasteiger partial charge in [-0.1, -0.05) is 32.9 Å². The Hall–Kier alpha value is -1.58. The van der Waals surface area contributed by atoms with Gasteiger partial charge in [0, 0.05) is 12.2 Å². The summed E-state index contributed by atoms with van der Waals surface area (Å²) in [6, 6.07) is 0. The van der Waals surface area contributed by atoms with Gasteiger partial charge in [-0.3, -0.25) is 0 Å². The zero-order chi connectivity index (χ0) is 15.2. The highest BCUT2D eigenvalue weighted by atomic mass is 16.5. The van der Waals surface area contributed by atoms with E-state index in [0.717, 1.165) is 51.0 Å². The minimum absolute atomic E-state index is 0.0313. The van der Waals surface area contributed by atoms with E-state index >= 15 is 0 Å². The summed E-state index contributed by atoms with van der Waals surface area (Å²) in [4.78, 5) is 22.0. The van der Waals surface area contributed by atoms with E-state index < -0.39 is 0 Å². The van der Waals surface area contributed by atoms with Gasteiger partial charge in [0.25, 0.3) is 0 Å². The van der Waals surface area contributed by atoms with Gasteiger partial charge in [0.2, 0.25) is 0 Å². The summed E-state index contributed by atoms with van der Waals surface area (Å²) in [7, 11) is 0. The van der Waals surface area contributed by atoms with Crippen molar-refractivity contribution in [2.45, 2.75) is 58.0 Å². The van der Waals surface area contributed by atoms with Crippen molar-refractivity contribution >= 4 is 11.9 Å². The molecule has 0 bridgehead atoms. The van der Waals surface area contributed by atoms with Crippen molar-refractivity contribution in [3.05, 3.63) is 25.3 Å². The fourth-order valence-corrected chi connectivity index (χ4v) is 1.79. The molecule has 0 aliphatic heterocycles. The molecule has 4 nitrogen and oxygen atoms in total. The van der Waals surface area contributed by atoms with E-state index in [0.29, 0.717) is 6.61 Å². The minimum Gasteiger partial charge on any atom is -0.463 e. The van der Waals surface area contributed by atoms with Crippen LogP contribution in [0.15, 0.2) is 25.3 Å². The maximum atomic E-state index is 11.2. The highest BCUT2D eigenvalue weighted by Crippen LogP contribution is 2.14. The highest BCUT2D eigenvalue weighted by Gasteiger charge is 2.11. The first-order valence-corrected chi connectivity index (χ1v) is 7.26. The van der Waals surface area contributed by atoms with Crippen LogP contribution in [0.4, 0.5) is 0 Å². The van der Waals surface area contributed by atoms with Gasteiger partial charge in [-0.25, -0.2) is 9.59 Å². The number of hydrogen-bond donors (Lipinski definition) is 0. The highest BCUT2D eigenvalue weighted by molar-refractivity contribution is 5.81. The molecule has 0 heterocycles. The number of carbonyl (C=O) groups excluding carboxylic acids is 2. The van der Waals surface area contributed by atoms with E-state index in [9.17, 15) is 9.59 Å². The van der Waals surface area contributed by atoms with Crippen molar-refractivity contribution in [3.8, 4) is 0 Å². The molecule has 1 atom stereocenters. The average Bonchev–Trinajstić information content (AvgIpc) is 2.47. The van der Waals surface area contributed by atoms with E-state index in [1.54, 1.807) is 0 Å². The Kier molecular flexibility index (Phi) is 11.5. The molecule has 0 spiro atoms. The maximum Gasteiger partial charge on any atom is 0.330 e. The molecule has 0 rings (SSSR count). The maximum absolute atomic E-state index is 11.2. The summed E-state index contributed by atoms with van der Waals surface area (Å²) in [6.45, 7) is 9.27. The van der Waals surface area contributed by atoms with E-state index in [1.165, 1.54) is 6.08 Å². The van der Waals surface area contributed by atoms with E-state index in [-0.39, 0.29) is 18.0 Å². The van der Waals surface area contributed by atoms with E-state index in [4.69, 9.17) is 9.47 Å². The van der Waals surface area contributed by atoms with Gasteiger partial charge in [0.05, 0.1) is 6.61 Å². The van der Waals surface area contributed by atoms with Gasteiger partial charge in [-0.05, 0) is 32.1 Å². The Balaban J connectivity index is 3.77. The number of hydrogen-bond acceptors (Lipinski definition) is 4. The fourth-order valence-electron chi connectivity index (χ4n) is 1.79. The van der Waals surface area contributed by atoms with Gasteiger partial charge in [0.1, 0.15) is 6.10 Å². The molecule has 0 fully saturated rings. The van der Waals surface area contributed by atoms with Crippen LogP contribution in [0, 0.1) is 0 Å². The Bertz CT molecular complexity index is 310. The lowest BCUT2D eigenvalue weighted by atomic mass is 10.1. The lowest BCUT2D eigenvalue weighted by molar-refractivity contribution is -0.144.